The Bertz CT molecular complexity index is 628. The summed E-state index contributed by atoms with van der Waals surface area (Å²) in [7, 11) is 4.91. The van der Waals surface area contributed by atoms with Crippen molar-refractivity contribution in [1.29, 1.82) is 0 Å². The van der Waals surface area contributed by atoms with E-state index >= 15 is 0 Å². The van der Waals surface area contributed by atoms with Crippen LogP contribution in [0.15, 0.2) is 12.1 Å². The summed E-state index contributed by atoms with van der Waals surface area (Å²) in [6, 6.07) is 4.15. The second kappa shape index (κ2) is 9.80. The largest absolute Gasteiger partial charge is 0.493 e. The average molecular weight is 382 g/mol. The van der Waals surface area contributed by atoms with Crippen LogP contribution in [0, 0.1) is 0 Å². The van der Waals surface area contributed by atoms with Crippen LogP contribution in [0.5, 0.6) is 17.2 Å². The standard InChI is InChI=1S/C20H33N3O4/c1-14(2)21-20(24)15(3)23-11-9-22(10-12-23)13-16-7-8-17(25-4)19(27-6)18(16)26-5/h7-8,14-15H,9-13H2,1-6H3,(H,21,24)/p+2/t15-/m1/s1. The highest BCUT2D eigenvalue weighted by Crippen LogP contribution is 2.39. The predicted molar refractivity (Wildman–Crippen MR) is 104 cm³/mol. The van der Waals surface area contributed by atoms with E-state index in [0.717, 1.165) is 44.0 Å². The van der Waals surface area contributed by atoms with Gasteiger partial charge in [-0.05, 0) is 32.9 Å². The third-order valence-electron chi connectivity index (χ3n) is 5.26. The number of amides is 1. The van der Waals surface area contributed by atoms with Crippen molar-refractivity contribution in [3.05, 3.63) is 17.7 Å². The van der Waals surface area contributed by atoms with Gasteiger partial charge in [-0.25, -0.2) is 0 Å². The first kappa shape index (κ1) is 21.3. The Morgan fingerprint density at radius 2 is 1.63 bits per heavy atom. The molecule has 27 heavy (non-hydrogen) atoms. The van der Waals surface area contributed by atoms with Gasteiger partial charge in [0.25, 0.3) is 5.91 Å². The number of rotatable bonds is 8. The van der Waals surface area contributed by atoms with E-state index in [2.05, 4.69) is 5.32 Å². The number of quaternary nitrogens is 2. The van der Waals surface area contributed by atoms with E-state index in [0.29, 0.717) is 11.5 Å². The molecule has 7 heteroatoms. The van der Waals surface area contributed by atoms with Crippen molar-refractivity contribution >= 4 is 5.91 Å². The summed E-state index contributed by atoms with van der Waals surface area (Å²) in [4.78, 5) is 15.1. The van der Waals surface area contributed by atoms with Crippen LogP contribution in [0.4, 0.5) is 0 Å². The monoisotopic (exact) mass is 381 g/mol. The molecule has 1 heterocycles. The first-order valence-corrected chi connectivity index (χ1v) is 9.67. The molecule has 1 aromatic rings. The zero-order valence-electron chi connectivity index (χ0n) is 17.5. The maximum atomic E-state index is 12.3. The van der Waals surface area contributed by atoms with Gasteiger partial charge in [0.05, 0.1) is 26.9 Å². The second-order valence-electron chi connectivity index (χ2n) is 7.46. The summed E-state index contributed by atoms with van der Waals surface area (Å²) in [5.74, 6) is 2.20. The van der Waals surface area contributed by atoms with E-state index in [4.69, 9.17) is 14.2 Å². The van der Waals surface area contributed by atoms with E-state index in [1.807, 2.05) is 32.9 Å². The number of ether oxygens (including phenoxy) is 3. The molecule has 1 saturated heterocycles. The lowest BCUT2D eigenvalue weighted by atomic mass is 10.1. The summed E-state index contributed by atoms with van der Waals surface area (Å²) >= 11 is 0. The fraction of sp³-hybridized carbons (Fsp3) is 0.650. The molecule has 1 atom stereocenters. The van der Waals surface area contributed by atoms with Crippen molar-refractivity contribution in [3.8, 4) is 17.2 Å². The number of carbonyl (C=O) groups is 1. The molecule has 0 radical (unpaired) electrons. The van der Waals surface area contributed by atoms with Gasteiger partial charge in [-0.1, -0.05) is 0 Å². The van der Waals surface area contributed by atoms with Crippen LogP contribution in [0.1, 0.15) is 26.3 Å². The topological polar surface area (TPSA) is 65.7 Å². The van der Waals surface area contributed by atoms with Crippen molar-refractivity contribution in [1.82, 2.24) is 5.32 Å². The fourth-order valence-electron chi connectivity index (χ4n) is 3.70. The van der Waals surface area contributed by atoms with Gasteiger partial charge in [0.2, 0.25) is 5.75 Å². The molecule has 152 valence electrons. The van der Waals surface area contributed by atoms with Crippen molar-refractivity contribution in [2.24, 2.45) is 0 Å². The molecule has 1 aliphatic heterocycles. The van der Waals surface area contributed by atoms with Crippen LogP contribution >= 0.6 is 0 Å². The van der Waals surface area contributed by atoms with Gasteiger partial charge in [-0.15, -0.1) is 0 Å². The molecule has 1 aromatic carbocycles. The molecule has 0 spiro atoms. The average Bonchev–Trinajstić information content (AvgIpc) is 2.66. The molecule has 1 aliphatic rings. The van der Waals surface area contributed by atoms with Crippen molar-refractivity contribution in [2.75, 3.05) is 47.5 Å². The third-order valence-corrected chi connectivity index (χ3v) is 5.26. The quantitative estimate of drug-likeness (QED) is 0.535. The van der Waals surface area contributed by atoms with Gasteiger partial charge < -0.3 is 29.3 Å². The number of benzene rings is 1. The van der Waals surface area contributed by atoms with Crippen LogP contribution in [0.2, 0.25) is 0 Å². The van der Waals surface area contributed by atoms with Crippen LogP contribution in [-0.4, -0.2) is 65.5 Å². The maximum absolute atomic E-state index is 12.3. The van der Waals surface area contributed by atoms with Crippen LogP contribution in [0.25, 0.3) is 0 Å². The fourth-order valence-corrected chi connectivity index (χ4v) is 3.70. The highest BCUT2D eigenvalue weighted by atomic mass is 16.5. The van der Waals surface area contributed by atoms with E-state index in [1.54, 1.807) is 21.3 Å². The van der Waals surface area contributed by atoms with Crippen LogP contribution in [0.3, 0.4) is 0 Å². The van der Waals surface area contributed by atoms with Gasteiger partial charge in [0, 0.05) is 6.04 Å². The summed E-state index contributed by atoms with van der Waals surface area (Å²) < 4.78 is 16.5. The second-order valence-corrected chi connectivity index (χ2v) is 7.46. The molecular weight excluding hydrogens is 346 g/mol. The SMILES string of the molecule is COc1ccc(C[NH+]2CC[NH+]([C@H](C)C(=O)NC(C)C)CC2)c(OC)c1OC. The lowest BCUT2D eigenvalue weighted by molar-refractivity contribution is -1.02. The highest BCUT2D eigenvalue weighted by Gasteiger charge is 2.31. The highest BCUT2D eigenvalue weighted by molar-refractivity contribution is 5.80. The zero-order chi connectivity index (χ0) is 20.0. The molecular formula is C20H35N3O4+2. The number of hydrogen-bond donors (Lipinski definition) is 3. The van der Waals surface area contributed by atoms with Gasteiger partial charge in [0.1, 0.15) is 32.7 Å². The summed E-state index contributed by atoms with van der Waals surface area (Å²) in [6.07, 6.45) is 0. The Balaban J connectivity index is 1.99. The van der Waals surface area contributed by atoms with E-state index in [1.165, 1.54) is 9.80 Å². The Hall–Kier alpha value is -1.99. The molecule has 1 fully saturated rings. The van der Waals surface area contributed by atoms with Gasteiger partial charge in [-0.3, -0.25) is 4.79 Å². The summed E-state index contributed by atoms with van der Waals surface area (Å²) in [5.41, 5.74) is 1.11. The van der Waals surface area contributed by atoms with E-state index < -0.39 is 0 Å². The third kappa shape index (κ3) is 5.26. The number of nitrogens with one attached hydrogen (secondary N) is 3. The minimum Gasteiger partial charge on any atom is -0.493 e. The first-order valence-electron chi connectivity index (χ1n) is 9.67. The molecule has 0 saturated carbocycles. The normalized spacial score (nSPS) is 20.9. The van der Waals surface area contributed by atoms with E-state index in [-0.39, 0.29) is 18.0 Å². The zero-order valence-corrected chi connectivity index (χ0v) is 17.5. The molecule has 0 aromatic heterocycles. The molecule has 0 unspecified atom stereocenters. The molecule has 1 amide bonds. The van der Waals surface area contributed by atoms with Gasteiger partial charge in [0.15, 0.2) is 17.5 Å². The number of methoxy groups -OCH3 is 3. The number of carbonyl (C=O) groups excluding carboxylic acids is 1. The molecule has 0 bridgehead atoms. The smallest absolute Gasteiger partial charge is 0.278 e. The molecule has 3 N–H and O–H groups in total. The Kier molecular flexibility index (Phi) is 7.74. The molecule has 2 rings (SSSR count). The Labute approximate surface area is 162 Å². The minimum absolute atomic E-state index is 0.00966. The molecule has 7 nitrogen and oxygen atoms in total. The van der Waals surface area contributed by atoms with Crippen molar-refractivity contribution in [2.45, 2.75) is 39.4 Å². The Morgan fingerprint density at radius 1 is 1.00 bits per heavy atom. The minimum atomic E-state index is -0.00966. The maximum Gasteiger partial charge on any atom is 0.278 e. The lowest BCUT2D eigenvalue weighted by Crippen LogP contribution is -3.29. The van der Waals surface area contributed by atoms with Gasteiger partial charge in [-0.2, -0.15) is 0 Å². The van der Waals surface area contributed by atoms with Gasteiger partial charge >= 0.3 is 0 Å². The van der Waals surface area contributed by atoms with Crippen LogP contribution in [-0.2, 0) is 11.3 Å². The number of hydrogen-bond acceptors (Lipinski definition) is 4. The van der Waals surface area contributed by atoms with Crippen molar-refractivity contribution in [3.63, 3.8) is 0 Å². The van der Waals surface area contributed by atoms with Crippen molar-refractivity contribution < 1.29 is 28.8 Å². The Morgan fingerprint density at radius 3 is 2.15 bits per heavy atom. The molecule has 0 aliphatic carbocycles. The summed E-state index contributed by atoms with van der Waals surface area (Å²) in [5, 5.41) is 3.02. The number of piperazine rings is 1. The first-order chi connectivity index (χ1) is 12.9. The lowest BCUT2D eigenvalue weighted by Gasteiger charge is -2.33. The van der Waals surface area contributed by atoms with E-state index in [9.17, 15) is 4.79 Å². The summed E-state index contributed by atoms with van der Waals surface area (Å²) in [6.45, 7) is 10.9. The van der Waals surface area contributed by atoms with Crippen LogP contribution < -0.4 is 29.3 Å². The predicted octanol–water partition coefficient (Wildman–Crippen LogP) is -1.09.